The first-order chi connectivity index (χ1) is 12.3. The highest BCUT2D eigenvalue weighted by molar-refractivity contribution is 7.91. The summed E-state index contributed by atoms with van der Waals surface area (Å²) in [6, 6.07) is 10.8. The molecule has 0 bridgehead atoms. The zero-order valence-electron chi connectivity index (χ0n) is 15.1. The molecule has 2 N–H and O–H groups in total. The van der Waals surface area contributed by atoms with Crippen LogP contribution >= 0.6 is 11.3 Å². The number of amides is 1. The minimum Gasteiger partial charge on any atom is -0.481 e. The van der Waals surface area contributed by atoms with Crippen LogP contribution in [0.25, 0.3) is 0 Å². The maximum Gasteiger partial charge on any atom is 0.260 e. The van der Waals surface area contributed by atoms with E-state index in [4.69, 9.17) is 4.74 Å². The maximum absolute atomic E-state index is 12.1. The van der Waals surface area contributed by atoms with Crippen LogP contribution < -0.4 is 14.8 Å². The first-order valence-corrected chi connectivity index (χ1v) is 10.7. The third-order valence-corrected chi connectivity index (χ3v) is 6.56. The van der Waals surface area contributed by atoms with Crippen LogP contribution in [0.15, 0.2) is 46.0 Å². The van der Waals surface area contributed by atoms with E-state index in [1.807, 2.05) is 24.3 Å². The molecule has 1 atom stereocenters. The van der Waals surface area contributed by atoms with E-state index < -0.39 is 16.1 Å². The van der Waals surface area contributed by atoms with Gasteiger partial charge in [0.25, 0.3) is 5.91 Å². The summed E-state index contributed by atoms with van der Waals surface area (Å²) in [4.78, 5) is 12.1. The summed E-state index contributed by atoms with van der Waals surface area (Å²) >= 11 is 1.15. The summed E-state index contributed by atoms with van der Waals surface area (Å²) in [7, 11) is -3.51. The molecule has 1 aromatic carbocycles. The first-order valence-electron chi connectivity index (χ1n) is 8.37. The normalized spacial score (nSPS) is 12.8. The third-order valence-electron chi connectivity index (χ3n) is 3.71. The molecule has 1 unspecified atom stereocenters. The Balaban J connectivity index is 1.75. The third kappa shape index (κ3) is 5.82. The van der Waals surface area contributed by atoms with Gasteiger partial charge in [-0.1, -0.05) is 32.0 Å². The van der Waals surface area contributed by atoms with Gasteiger partial charge in [0.15, 0.2) is 6.10 Å². The lowest BCUT2D eigenvalue weighted by atomic mass is 10.0. The average molecular weight is 397 g/mol. The summed E-state index contributed by atoms with van der Waals surface area (Å²) in [6.07, 6.45) is -0.672. The van der Waals surface area contributed by atoms with E-state index in [0.717, 1.165) is 11.3 Å². The molecular formula is C18H24N2O4S2. The number of benzene rings is 1. The van der Waals surface area contributed by atoms with Crippen molar-refractivity contribution in [2.45, 2.75) is 37.0 Å². The number of hydrogen-bond acceptors (Lipinski definition) is 5. The van der Waals surface area contributed by atoms with E-state index in [1.165, 1.54) is 11.6 Å². The molecule has 1 aromatic heterocycles. The van der Waals surface area contributed by atoms with Crippen LogP contribution in [0.1, 0.15) is 32.3 Å². The Labute approximate surface area is 158 Å². The van der Waals surface area contributed by atoms with E-state index in [-0.39, 0.29) is 23.2 Å². The molecule has 0 saturated heterocycles. The van der Waals surface area contributed by atoms with Gasteiger partial charge < -0.3 is 10.1 Å². The van der Waals surface area contributed by atoms with Crippen LogP contribution in [-0.4, -0.2) is 33.5 Å². The van der Waals surface area contributed by atoms with Crippen molar-refractivity contribution in [2.24, 2.45) is 0 Å². The number of rotatable bonds is 9. The molecule has 0 spiro atoms. The van der Waals surface area contributed by atoms with Crippen LogP contribution in [0.4, 0.5) is 0 Å². The van der Waals surface area contributed by atoms with Crippen LogP contribution in [0.5, 0.6) is 5.75 Å². The average Bonchev–Trinajstić information content (AvgIpc) is 3.14. The van der Waals surface area contributed by atoms with Gasteiger partial charge in [-0.2, -0.15) is 0 Å². The molecule has 0 saturated carbocycles. The van der Waals surface area contributed by atoms with Gasteiger partial charge in [0, 0.05) is 13.1 Å². The summed E-state index contributed by atoms with van der Waals surface area (Å²) < 4.78 is 32.2. The van der Waals surface area contributed by atoms with Crippen molar-refractivity contribution in [3.05, 3.63) is 47.3 Å². The van der Waals surface area contributed by atoms with E-state index >= 15 is 0 Å². The molecule has 0 aliphatic rings. The van der Waals surface area contributed by atoms with Crippen LogP contribution in [0.3, 0.4) is 0 Å². The Bertz CT molecular complexity index is 800. The molecule has 2 rings (SSSR count). The number of ether oxygens (including phenoxy) is 1. The van der Waals surface area contributed by atoms with Crippen molar-refractivity contribution < 1.29 is 17.9 Å². The van der Waals surface area contributed by atoms with Crippen molar-refractivity contribution in [3.8, 4) is 5.75 Å². The molecule has 0 fully saturated rings. The number of nitrogens with one attached hydrogen (secondary N) is 2. The minimum absolute atomic E-state index is 0.113. The van der Waals surface area contributed by atoms with E-state index in [1.54, 1.807) is 18.4 Å². The van der Waals surface area contributed by atoms with Gasteiger partial charge in [-0.05, 0) is 42.0 Å². The minimum atomic E-state index is -3.51. The second-order valence-electron chi connectivity index (χ2n) is 6.10. The largest absolute Gasteiger partial charge is 0.481 e. The Morgan fingerprint density at radius 1 is 1.12 bits per heavy atom. The summed E-state index contributed by atoms with van der Waals surface area (Å²) in [5.74, 6) is 0.756. The van der Waals surface area contributed by atoms with E-state index in [0.29, 0.717) is 11.7 Å². The molecule has 2 aromatic rings. The van der Waals surface area contributed by atoms with Crippen LogP contribution in [0, 0.1) is 0 Å². The molecule has 0 aliphatic carbocycles. The number of hydrogen-bond donors (Lipinski definition) is 2. The molecule has 0 aliphatic heterocycles. The fourth-order valence-electron chi connectivity index (χ4n) is 2.19. The molecule has 142 valence electrons. The number of sulfonamides is 1. The smallest absolute Gasteiger partial charge is 0.260 e. The van der Waals surface area contributed by atoms with Gasteiger partial charge in [-0.25, -0.2) is 13.1 Å². The van der Waals surface area contributed by atoms with Crippen LogP contribution in [0.2, 0.25) is 0 Å². The van der Waals surface area contributed by atoms with Crippen LogP contribution in [-0.2, 0) is 14.8 Å². The molecule has 26 heavy (non-hydrogen) atoms. The SMILES string of the molecule is CC(Oc1ccc(C(C)C)cc1)C(=O)NCCNS(=O)(=O)c1cccs1. The molecular weight excluding hydrogens is 372 g/mol. The molecule has 0 radical (unpaired) electrons. The lowest BCUT2D eigenvalue weighted by Crippen LogP contribution is -2.40. The Hall–Kier alpha value is -1.90. The zero-order chi connectivity index (χ0) is 19.2. The van der Waals surface area contributed by atoms with E-state index in [2.05, 4.69) is 23.9 Å². The Kier molecular flexibility index (Phi) is 7.19. The van der Waals surface area contributed by atoms with Gasteiger partial charge in [0.2, 0.25) is 10.0 Å². The quantitative estimate of drug-likeness (QED) is 0.638. The predicted octanol–water partition coefficient (Wildman–Crippen LogP) is 2.73. The van der Waals surface area contributed by atoms with E-state index in [9.17, 15) is 13.2 Å². The Morgan fingerprint density at radius 3 is 2.38 bits per heavy atom. The standard InChI is InChI=1S/C18H24N2O4S2/c1-13(2)15-6-8-16(9-7-15)24-14(3)18(21)19-10-11-20-26(22,23)17-5-4-12-25-17/h4-9,12-14,20H,10-11H2,1-3H3,(H,19,21). The van der Waals surface area contributed by atoms with Crippen molar-refractivity contribution in [1.29, 1.82) is 0 Å². The van der Waals surface area contributed by atoms with Gasteiger partial charge in [0.05, 0.1) is 0 Å². The van der Waals surface area contributed by atoms with Gasteiger partial charge >= 0.3 is 0 Å². The van der Waals surface area contributed by atoms with Crippen molar-refractivity contribution >= 4 is 27.3 Å². The number of carbonyl (C=O) groups excluding carboxylic acids is 1. The fourth-order valence-corrected chi connectivity index (χ4v) is 4.26. The first kappa shape index (κ1) is 20.4. The highest BCUT2D eigenvalue weighted by Crippen LogP contribution is 2.19. The number of thiophene rings is 1. The second kappa shape index (κ2) is 9.16. The molecule has 1 heterocycles. The predicted molar refractivity (Wildman–Crippen MR) is 103 cm³/mol. The molecule has 6 nitrogen and oxygen atoms in total. The highest BCUT2D eigenvalue weighted by atomic mass is 32.2. The van der Waals surface area contributed by atoms with Gasteiger partial charge in [0.1, 0.15) is 9.96 Å². The summed E-state index contributed by atoms with van der Waals surface area (Å²) in [5.41, 5.74) is 1.20. The zero-order valence-corrected chi connectivity index (χ0v) is 16.7. The number of carbonyl (C=O) groups is 1. The van der Waals surface area contributed by atoms with Crippen molar-refractivity contribution in [2.75, 3.05) is 13.1 Å². The molecule has 1 amide bonds. The Morgan fingerprint density at radius 2 is 1.81 bits per heavy atom. The maximum atomic E-state index is 12.1. The second-order valence-corrected chi connectivity index (χ2v) is 9.05. The lowest BCUT2D eigenvalue weighted by molar-refractivity contribution is -0.127. The van der Waals surface area contributed by atoms with Gasteiger partial charge in [-0.15, -0.1) is 11.3 Å². The topological polar surface area (TPSA) is 84.5 Å². The lowest BCUT2D eigenvalue weighted by Gasteiger charge is -2.15. The van der Waals surface area contributed by atoms with Crippen molar-refractivity contribution in [3.63, 3.8) is 0 Å². The fraction of sp³-hybridized carbons (Fsp3) is 0.389. The van der Waals surface area contributed by atoms with Gasteiger partial charge in [-0.3, -0.25) is 4.79 Å². The highest BCUT2D eigenvalue weighted by Gasteiger charge is 2.16. The summed E-state index contributed by atoms with van der Waals surface area (Å²) in [6.45, 7) is 6.17. The monoisotopic (exact) mass is 396 g/mol. The summed E-state index contributed by atoms with van der Waals surface area (Å²) in [5, 5.41) is 4.36. The molecule has 8 heteroatoms. The van der Waals surface area contributed by atoms with Crippen molar-refractivity contribution in [1.82, 2.24) is 10.0 Å².